The zero-order chi connectivity index (χ0) is 11.4. The van der Waals surface area contributed by atoms with Crippen molar-refractivity contribution >= 4 is 11.6 Å². The van der Waals surface area contributed by atoms with Crippen LogP contribution in [-0.2, 0) is 6.42 Å². The number of hydrogen-bond donors (Lipinski definition) is 1. The topological polar surface area (TPSA) is 35.2 Å². The fourth-order valence-electron chi connectivity index (χ4n) is 1.38. The van der Waals surface area contributed by atoms with Crippen LogP contribution in [0.2, 0.25) is 5.02 Å². The van der Waals surface area contributed by atoms with Crippen LogP contribution in [0, 0.1) is 5.82 Å². The van der Waals surface area contributed by atoms with Crippen molar-refractivity contribution in [3.05, 3.63) is 28.5 Å². The third-order valence-electron chi connectivity index (χ3n) is 1.95. The molecule has 15 heavy (non-hydrogen) atoms. The molecule has 0 spiro atoms. The molecular weight excluding hydrogens is 217 g/mol. The Morgan fingerprint density at radius 2 is 2.20 bits per heavy atom. The summed E-state index contributed by atoms with van der Waals surface area (Å²) < 4.78 is 18.4. The highest BCUT2D eigenvalue weighted by molar-refractivity contribution is 6.31. The maximum Gasteiger partial charge on any atom is 0.128 e. The predicted molar refractivity (Wildman–Crippen MR) is 59.9 cm³/mol. The molecule has 0 heterocycles. The normalized spacial score (nSPS) is 12.6. The second-order valence-corrected chi connectivity index (χ2v) is 3.89. The quantitative estimate of drug-likeness (QED) is 0.865. The Balaban J connectivity index is 3.08. The smallest absolute Gasteiger partial charge is 0.128 e. The summed E-state index contributed by atoms with van der Waals surface area (Å²) in [6, 6.07) is 2.58. The van der Waals surface area contributed by atoms with Gasteiger partial charge in [-0.3, -0.25) is 0 Å². The van der Waals surface area contributed by atoms with E-state index in [0.29, 0.717) is 23.8 Å². The molecule has 0 saturated heterocycles. The van der Waals surface area contributed by atoms with Gasteiger partial charge >= 0.3 is 0 Å². The van der Waals surface area contributed by atoms with Gasteiger partial charge in [-0.1, -0.05) is 11.6 Å². The number of benzene rings is 1. The van der Waals surface area contributed by atoms with Gasteiger partial charge in [0.15, 0.2) is 0 Å². The standard InChI is InChI=1S/C11H15ClFNO/c1-3-15-11-6-8(13)5-10(12)9(11)4-7(2)14/h5-7H,3-4,14H2,1-2H3. The first kappa shape index (κ1) is 12.3. The highest BCUT2D eigenvalue weighted by Gasteiger charge is 2.12. The molecule has 1 aromatic carbocycles. The molecule has 0 amide bonds. The van der Waals surface area contributed by atoms with Gasteiger partial charge in [0.1, 0.15) is 11.6 Å². The molecule has 0 bridgehead atoms. The summed E-state index contributed by atoms with van der Waals surface area (Å²) in [6.07, 6.45) is 0.578. The summed E-state index contributed by atoms with van der Waals surface area (Å²) in [4.78, 5) is 0. The molecule has 0 radical (unpaired) electrons. The summed E-state index contributed by atoms with van der Waals surface area (Å²) in [5.41, 5.74) is 6.46. The van der Waals surface area contributed by atoms with E-state index >= 15 is 0 Å². The van der Waals surface area contributed by atoms with E-state index < -0.39 is 5.82 Å². The van der Waals surface area contributed by atoms with Crippen molar-refractivity contribution in [2.45, 2.75) is 26.3 Å². The van der Waals surface area contributed by atoms with Crippen LogP contribution >= 0.6 is 11.6 Å². The Kier molecular flexibility index (Phi) is 4.36. The van der Waals surface area contributed by atoms with E-state index in [4.69, 9.17) is 22.1 Å². The molecule has 0 aliphatic carbocycles. The molecule has 0 fully saturated rings. The third-order valence-corrected chi connectivity index (χ3v) is 2.28. The van der Waals surface area contributed by atoms with E-state index in [1.54, 1.807) is 0 Å². The highest BCUT2D eigenvalue weighted by Crippen LogP contribution is 2.29. The molecule has 0 saturated carbocycles. The van der Waals surface area contributed by atoms with Crippen molar-refractivity contribution in [3.63, 3.8) is 0 Å². The zero-order valence-electron chi connectivity index (χ0n) is 8.89. The van der Waals surface area contributed by atoms with E-state index in [-0.39, 0.29) is 6.04 Å². The highest BCUT2D eigenvalue weighted by atomic mass is 35.5. The summed E-state index contributed by atoms with van der Waals surface area (Å²) in [5, 5.41) is 0.371. The molecule has 1 unspecified atom stereocenters. The van der Waals surface area contributed by atoms with Gasteiger partial charge in [-0.25, -0.2) is 4.39 Å². The Bertz CT molecular complexity index is 342. The molecule has 1 aromatic rings. The van der Waals surface area contributed by atoms with Gasteiger partial charge in [0, 0.05) is 17.7 Å². The third kappa shape index (κ3) is 3.36. The van der Waals surface area contributed by atoms with Crippen LogP contribution in [0.25, 0.3) is 0 Å². The Hall–Kier alpha value is -0.800. The molecule has 2 nitrogen and oxygen atoms in total. The first-order valence-electron chi connectivity index (χ1n) is 4.91. The van der Waals surface area contributed by atoms with Crippen LogP contribution in [0.1, 0.15) is 19.4 Å². The number of nitrogens with two attached hydrogens (primary N) is 1. The molecule has 84 valence electrons. The van der Waals surface area contributed by atoms with Crippen molar-refractivity contribution in [1.82, 2.24) is 0 Å². The average Bonchev–Trinajstić information content (AvgIpc) is 2.11. The Morgan fingerprint density at radius 3 is 2.73 bits per heavy atom. The van der Waals surface area contributed by atoms with E-state index in [1.165, 1.54) is 12.1 Å². The minimum Gasteiger partial charge on any atom is -0.493 e. The Morgan fingerprint density at radius 1 is 1.53 bits per heavy atom. The van der Waals surface area contributed by atoms with E-state index in [1.807, 2.05) is 13.8 Å². The van der Waals surface area contributed by atoms with E-state index in [2.05, 4.69) is 0 Å². The minimum absolute atomic E-state index is 0.0350. The predicted octanol–water partition coefficient (Wildman–Crippen LogP) is 2.77. The minimum atomic E-state index is -0.392. The number of rotatable bonds is 4. The fourth-order valence-corrected chi connectivity index (χ4v) is 1.66. The van der Waals surface area contributed by atoms with Crippen LogP contribution in [0.5, 0.6) is 5.75 Å². The molecule has 2 N–H and O–H groups in total. The maximum absolute atomic E-state index is 13.1. The van der Waals surface area contributed by atoms with Gasteiger partial charge in [-0.15, -0.1) is 0 Å². The number of halogens is 2. The summed E-state index contributed by atoms with van der Waals surface area (Å²) in [6.45, 7) is 4.19. The van der Waals surface area contributed by atoms with Gasteiger partial charge in [0.05, 0.1) is 11.6 Å². The zero-order valence-corrected chi connectivity index (χ0v) is 9.64. The SMILES string of the molecule is CCOc1cc(F)cc(Cl)c1CC(C)N. The van der Waals surface area contributed by atoms with Crippen LogP contribution in [0.15, 0.2) is 12.1 Å². The number of hydrogen-bond acceptors (Lipinski definition) is 2. The van der Waals surface area contributed by atoms with Gasteiger partial charge in [-0.05, 0) is 26.3 Å². The molecule has 4 heteroatoms. The lowest BCUT2D eigenvalue weighted by Gasteiger charge is -2.13. The second-order valence-electron chi connectivity index (χ2n) is 3.48. The van der Waals surface area contributed by atoms with Crippen molar-refractivity contribution in [2.24, 2.45) is 5.73 Å². The Labute approximate surface area is 94.2 Å². The summed E-state index contributed by atoms with van der Waals surface area (Å²) >= 11 is 5.94. The fraction of sp³-hybridized carbons (Fsp3) is 0.455. The lowest BCUT2D eigenvalue weighted by molar-refractivity contribution is 0.334. The average molecular weight is 232 g/mol. The molecule has 0 aliphatic rings. The van der Waals surface area contributed by atoms with E-state index in [9.17, 15) is 4.39 Å². The maximum atomic E-state index is 13.1. The molecule has 0 aromatic heterocycles. The van der Waals surface area contributed by atoms with Crippen LogP contribution in [0.3, 0.4) is 0 Å². The van der Waals surface area contributed by atoms with E-state index in [0.717, 1.165) is 5.56 Å². The van der Waals surface area contributed by atoms with Crippen LogP contribution in [-0.4, -0.2) is 12.6 Å². The monoisotopic (exact) mass is 231 g/mol. The lowest BCUT2D eigenvalue weighted by Crippen LogP contribution is -2.18. The van der Waals surface area contributed by atoms with Gasteiger partial charge in [-0.2, -0.15) is 0 Å². The van der Waals surface area contributed by atoms with Crippen molar-refractivity contribution in [1.29, 1.82) is 0 Å². The van der Waals surface area contributed by atoms with Crippen molar-refractivity contribution < 1.29 is 9.13 Å². The first-order valence-corrected chi connectivity index (χ1v) is 5.28. The van der Waals surface area contributed by atoms with Crippen LogP contribution < -0.4 is 10.5 Å². The molecule has 0 aliphatic heterocycles. The number of ether oxygens (including phenoxy) is 1. The van der Waals surface area contributed by atoms with Crippen molar-refractivity contribution in [3.8, 4) is 5.75 Å². The van der Waals surface area contributed by atoms with Gasteiger partial charge < -0.3 is 10.5 Å². The molecule has 1 rings (SSSR count). The van der Waals surface area contributed by atoms with Gasteiger partial charge in [0.25, 0.3) is 0 Å². The first-order chi connectivity index (χ1) is 7.04. The van der Waals surface area contributed by atoms with Gasteiger partial charge in [0.2, 0.25) is 0 Å². The largest absolute Gasteiger partial charge is 0.493 e. The second kappa shape index (κ2) is 5.33. The van der Waals surface area contributed by atoms with Crippen molar-refractivity contribution in [2.75, 3.05) is 6.61 Å². The molecule has 1 atom stereocenters. The van der Waals surface area contributed by atoms with Crippen LogP contribution in [0.4, 0.5) is 4.39 Å². The summed E-state index contributed by atoms with van der Waals surface area (Å²) in [5.74, 6) is 0.0941. The summed E-state index contributed by atoms with van der Waals surface area (Å²) in [7, 11) is 0. The molecular formula is C11H15ClFNO. The lowest BCUT2D eigenvalue weighted by atomic mass is 10.1.